The number of ether oxygens (including phenoxy) is 1. The van der Waals surface area contributed by atoms with E-state index in [0.717, 1.165) is 6.20 Å². The maximum Gasteiger partial charge on any atom is 0.260 e. The summed E-state index contributed by atoms with van der Waals surface area (Å²) in [4.78, 5) is 20.4. The predicted molar refractivity (Wildman–Crippen MR) is 94.5 cm³/mol. The van der Waals surface area contributed by atoms with E-state index in [1.165, 1.54) is 36.9 Å². The van der Waals surface area contributed by atoms with Crippen LogP contribution in [0.3, 0.4) is 0 Å². The predicted octanol–water partition coefficient (Wildman–Crippen LogP) is 3.36. The number of fused-ring (bicyclic) bond motifs is 1. The number of pyridine rings is 3. The monoisotopic (exact) mass is 384 g/mol. The van der Waals surface area contributed by atoms with E-state index in [2.05, 4.69) is 25.5 Å². The molecule has 4 rings (SSSR count). The molecule has 0 aliphatic carbocycles. The van der Waals surface area contributed by atoms with Gasteiger partial charge in [-0.1, -0.05) is 11.6 Å². The van der Waals surface area contributed by atoms with Gasteiger partial charge in [0.25, 0.3) is 5.91 Å². The average Bonchev–Trinajstić information content (AvgIpc) is 3.11. The van der Waals surface area contributed by atoms with Crippen LogP contribution >= 0.6 is 11.6 Å². The van der Waals surface area contributed by atoms with Crippen LogP contribution in [0.1, 0.15) is 10.4 Å². The summed E-state index contributed by atoms with van der Waals surface area (Å²) >= 11 is 5.91. The van der Waals surface area contributed by atoms with E-state index in [1.807, 2.05) is 0 Å². The highest BCUT2D eigenvalue weighted by molar-refractivity contribution is 6.30. The number of nitrogens with zero attached hydrogens (tertiary/aromatic N) is 5. The SMILES string of the molecule is O=C(Nc1ccc(F)cn1)c1cc(Oc2cncc(Cl)c2)cn2cnnc12. The number of anilines is 1. The first kappa shape index (κ1) is 16.9. The lowest BCUT2D eigenvalue weighted by Gasteiger charge is -2.09. The Morgan fingerprint density at radius 1 is 1.19 bits per heavy atom. The molecule has 0 fully saturated rings. The van der Waals surface area contributed by atoms with Gasteiger partial charge in [0.2, 0.25) is 0 Å². The Morgan fingerprint density at radius 2 is 2.07 bits per heavy atom. The summed E-state index contributed by atoms with van der Waals surface area (Å²) in [6, 6.07) is 5.64. The number of hydrogen-bond donors (Lipinski definition) is 1. The zero-order valence-corrected chi connectivity index (χ0v) is 14.3. The fraction of sp³-hybridized carbons (Fsp3) is 0. The van der Waals surface area contributed by atoms with Crippen LogP contribution in [0.25, 0.3) is 5.65 Å². The Balaban J connectivity index is 1.67. The highest BCUT2D eigenvalue weighted by atomic mass is 35.5. The average molecular weight is 385 g/mol. The number of aromatic nitrogens is 5. The van der Waals surface area contributed by atoms with Crippen molar-refractivity contribution >= 4 is 29.0 Å². The molecule has 134 valence electrons. The molecule has 0 saturated carbocycles. The van der Waals surface area contributed by atoms with Crippen LogP contribution in [-0.2, 0) is 0 Å². The molecule has 0 bridgehead atoms. The highest BCUT2D eigenvalue weighted by Crippen LogP contribution is 2.25. The fourth-order valence-corrected chi connectivity index (χ4v) is 2.52. The molecule has 0 aliphatic heterocycles. The molecule has 0 spiro atoms. The van der Waals surface area contributed by atoms with Gasteiger partial charge in [-0.25, -0.2) is 9.37 Å². The second-order valence-corrected chi connectivity index (χ2v) is 5.84. The van der Waals surface area contributed by atoms with Crippen molar-refractivity contribution in [3.63, 3.8) is 0 Å². The molecule has 10 heteroatoms. The maximum absolute atomic E-state index is 13.0. The minimum atomic E-state index is -0.502. The van der Waals surface area contributed by atoms with Gasteiger partial charge >= 0.3 is 0 Å². The van der Waals surface area contributed by atoms with Crippen LogP contribution in [0.15, 0.2) is 55.4 Å². The largest absolute Gasteiger partial charge is 0.454 e. The standard InChI is InChI=1S/C17H10ClFN6O2/c18-10-3-12(7-20-5-10)27-13-4-14(16-24-22-9-25(16)8-13)17(26)23-15-2-1-11(19)6-21-15/h1-9H,(H,21,23,26). The second kappa shape index (κ2) is 6.96. The van der Waals surface area contributed by atoms with Gasteiger partial charge in [0.1, 0.15) is 29.5 Å². The Kier molecular flexibility index (Phi) is 4.35. The first-order chi connectivity index (χ1) is 13.1. The molecule has 0 atom stereocenters. The van der Waals surface area contributed by atoms with E-state index in [-0.39, 0.29) is 11.4 Å². The molecule has 0 radical (unpaired) electrons. The van der Waals surface area contributed by atoms with Gasteiger partial charge in [-0.15, -0.1) is 10.2 Å². The number of carbonyl (C=O) groups is 1. The van der Waals surface area contributed by atoms with E-state index in [0.29, 0.717) is 22.2 Å². The molecule has 0 unspecified atom stereocenters. The van der Waals surface area contributed by atoms with Crippen LogP contribution in [0.2, 0.25) is 5.02 Å². The molecule has 4 heterocycles. The third kappa shape index (κ3) is 3.67. The lowest BCUT2D eigenvalue weighted by Crippen LogP contribution is -2.14. The molecule has 8 nitrogen and oxygen atoms in total. The fourth-order valence-electron chi connectivity index (χ4n) is 2.35. The van der Waals surface area contributed by atoms with Crippen LogP contribution in [0, 0.1) is 5.82 Å². The summed E-state index contributed by atoms with van der Waals surface area (Å²) in [5.74, 6) is -0.0466. The number of nitrogens with one attached hydrogen (secondary N) is 1. The summed E-state index contributed by atoms with van der Waals surface area (Å²) in [6.07, 6.45) is 7.03. The normalized spacial score (nSPS) is 10.7. The summed E-state index contributed by atoms with van der Waals surface area (Å²) in [5.41, 5.74) is 0.525. The Hall–Kier alpha value is -3.59. The summed E-state index contributed by atoms with van der Waals surface area (Å²) in [7, 11) is 0. The van der Waals surface area contributed by atoms with Crippen molar-refractivity contribution in [1.82, 2.24) is 24.6 Å². The van der Waals surface area contributed by atoms with Crippen molar-refractivity contribution in [2.45, 2.75) is 0 Å². The topological polar surface area (TPSA) is 94.3 Å². The van der Waals surface area contributed by atoms with Crippen molar-refractivity contribution in [2.24, 2.45) is 0 Å². The molecule has 27 heavy (non-hydrogen) atoms. The minimum absolute atomic E-state index is 0.199. The third-order valence-electron chi connectivity index (χ3n) is 3.50. The molecule has 4 aromatic rings. The molecule has 0 aliphatic rings. The molecule has 0 saturated heterocycles. The number of hydrogen-bond acceptors (Lipinski definition) is 6. The van der Waals surface area contributed by atoms with Gasteiger partial charge < -0.3 is 10.1 Å². The first-order valence-corrected chi connectivity index (χ1v) is 8.01. The summed E-state index contributed by atoms with van der Waals surface area (Å²) < 4.78 is 20.2. The zero-order chi connectivity index (χ0) is 18.8. The number of halogens is 2. The van der Waals surface area contributed by atoms with Crippen molar-refractivity contribution in [3.8, 4) is 11.5 Å². The quantitative estimate of drug-likeness (QED) is 0.579. The lowest BCUT2D eigenvalue weighted by atomic mass is 10.2. The van der Waals surface area contributed by atoms with E-state index in [9.17, 15) is 9.18 Å². The summed E-state index contributed by atoms with van der Waals surface area (Å²) in [5, 5.41) is 10.7. The van der Waals surface area contributed by atoms with Gasteiger partial charge in [0.15, 0.2) is 5.65 Å². The zero-order valence-electron chi connectivity index (χ0n) is 13.5. The van der Waals surface area contributed by atoms with Gasteiger partial charge in [0.05, 0.1) is 29.2 Å². The Bertz CT molecular complexity index is 1130. The van der Waals surface area contributed by atoms with Gasteiger partial charge in [-0.3, -0.25) is 14.2 Å². The number of amides is 1. The number of rotatable bonds is 4. The molecule has 0 aromatic carbocycles. The van der Waals surface area contributed by atoms with Crippen LogP contribution in [0.4, 0.5) is 10.2 Å². The van der Waals surface area contributed by atoms with Gasteiger partial charge in [0, 0.05) is 12.3 Å². The first-order valence-electron chi connectivity index (χ1n) is 7.63. The Morgan fingerprint density at radius 3 is 2.85 bits per heavy atom. The van der Waals surface area contributed by atoms with E-state index in [1.54, 1.807) is 16.7 Å². The highest BCUT2D eigenvalue weighted by Gasteiger charge is 2.16. The maximum atomic E-state index is 13.0. The van der Waals surface area contributed by atoms with Crippen molar-refractivity contribution in [3.05, 3.63) is 71.8 Å². The van der Waals surface area contributed by atoms with Crippen molar-refractivity contribution in [2.75, 3.05) is 5.32 Å². The van der Waals surface area contributed by atoms with E-state index >= 15 is 0 Å². The molecule has 1 N–H and O–H groups in total. The molecular formula is C17H10ClFN6O2. The van der Waals surface area contributed by atoms with Crippen molar-refractivity contribution < 1.29 is 13.9 Å². The molecule has 4 aromatic heterocycles. The van der Waals surface area contributed by atoms with Crippen LogP contribution < -0.4 is 10.1 Å². The third-order valence-corrected chi connectivity index (χ3v) is 3.70. The molecular weight excluding hydrogens is 375 g/mol. The summed E-state index contributed by atoms with van der Waals surface area (Å²) in [6.45, 7) is 0. The second-order valence-electron chi connectivity index (χ2n) is 5.41. The smallest absolute Gasteiger partial charge is 0.260 e. The van der Waals surface area contributed by atoms with E-state index in [4.69, 9.17) is 16.3 Å². The van der Waals surface area contributed by atoms with Gasteiger partial charge in [-0.05, 0) is 18.2 Å². The van der Waals surface area contributed by atoms with Crippen LogP contribution in [-0.4, -0.2) is 30.5 Å². The minimum Gasteiger partial charge on any atom is -0.454 e. The number of carbonyl (C=O) groups excluding carboxylic acids is 1. The van der Waals surface area contributed by atoms with Crippen molar-refractivity contribution in [1.29, 1.82) is 0 Å². The van der Waals surface area contributed by atoms with Gasteiger partial charge in [-0.2, -0.15) is 0 Å². The lowest BCUT2D eigenvalue weighted by molar-refractivity contribution is 0.102. The Labute approximate surface area is 156 Å². The molecule has 1 amide bonds. The van der Waals surface area contributed by atoms with Crippen LogP contribution in [0.5, 0.6) is 11.5 Å². The van der Waals surface area contributed by atoms with E-state index < -0.39 is 11.7 Å².